The first kappa shape index (κ1) is 16.8. The van der Waals surface area contributed by atoms with Crippen LogP contribution in [0.1, 0.15) is 46.0 Å². The summed E-state index contributed by atoms with van der Waals surface area (Å²) in [7, 11) is 1.74. The molecule has 6 heteroatoms. The first-order valence-corrected chi connectivity index (χ1v) is 7.29. The molecule has 0 spiro atoms. The number of nitrogens with two attached hydrogens (primary N) is 1. The van der Waals surface area contributed by atoms with Crippen LogP contribution in [0.2, 0.25) is 0 Å². The van der Waals surface area contributed by atoms with Gasteiger partial charge in [-0.3, -0.25) is 4.79 Å². The fourth-order valence-corrected chi connectivity index (χ4v) is 2.72. The van der Waals surface area contributed by atoms with Crippen molar-refractivity contribution in [3.05, 3.63) is 0 Å². The van der Waals surface area contributed by atoms with Gasteiger partial charge in [0, 0.05) is 13.6 Å². The SMILES string of the molecule is CC(C)OCCN(C)C(=O)C1(C(N)=NO)CCCCC1. The van der Waals surface area contributed by atoms with E-state index in [0.717, 1.165) is 19.3 Å². The van der Waals surface area contributed by atoms with Gasteiger partial charge in [0.25, 0.3) is 0 Å². The van der Waals surface area contributed by atoms with Gasteiger partial charge in [0.1, 0.15) is 5.41 Å². The molecule has 0 aliphatic heterocycles. The summed E-state index contributed by atoms with van der Waals surface area (Å²) < 4.78 is 5.46. The lowest BCUT2D eigenvalue weighted by Crippen LogP contribution is -2.52. The molecule has 0 heterocycles. The van der Waals surface area contributed by atoms with Crippen LogP contribution in [0.5, 0.6) is 0 Å². The molecule has 0 atom stereocenters. The number of nitrogens with zero attached hydrogens (tertiary/aromatic N) is 2. The normalized spacial score (nSPS) is 19.1. The monoisotopic (exact) mass is 285 g/mol. The lowest BCUT2D eigenvalue weighted by molar-refractivity contribution is -0.139. The predicted octanol–water partition coefficient (Wildman–Crippen LogP) is 1.57. The molecule has 0 aromatic heterocycles. The highest BCUT2D eigenvalue weighted by Gasteiger charge is 2.45. The molecule has 1 aliphatic rings. The van der Waals surface area contributed by atoms with E-state index in [2.05, 4.69) is 5.16 Å². The Bertz CT molecular complexity index is 350. The number of amides is 1. The molecule has 0 saturated heterocycles. The number of oxime groups is 1. The van der Waals surface area contributed by atoms with E-state index in [1.807, 2.05) is 13.8 Å². The molecule has 0 radical (unpaired) electrons. The minimum Gasteiger partial charge on any atom is -0.409 e. The van der Waals surface area contributed by atoms with Crippen molar-refractivity contribution in [3.63, 3.8) is 0 Å². The molecule has 6 nitrogen and oxygen atoms in total. The van der Waals surface area contributed by atoms with Crippen molar-refractivity contribution in [2.75, 3.05) is 20.2 Å². The van der Waals surface area contributed by atoms with E-state index in [1.165, 1.54) is 0 Å². The molecule has 1 rings (SSSR count). The fraction of sp³-hybridized carbons (Fsp3) is 0.857. The van der Waals surface area contributed by atoms with Crippen molar-refractivity contribution in [1.29, 1.82) is 0 Å². The van der Waals surface area contributed by atoms with Crippen LogP contribution in [0.25, 0.3) is 0 Å². The van der Waals surface area contributed by atoms with Crippen LogP contribution in [-0.2, 0) is 9.53 Å². The Morgan fingerprint density at radius 2 is 2.00 bits per heavy atom. The Morgan fingerprint density at radius 3 is 2.50 bits per heavy atom. The van der Waals surface area contributed by atoms with Crippen LogP contribution in [0, 0.1) is 5.41 Å². The highest BCUT2D eigenvalue weighted by atomic mass is 16.5. The standard InChI is InChI=1S/C14H27N3O3/c1-11(2)20-10-9-17(3)13(18)14(12(15)16-19)7-5-4-6-8-14/h11,19H,4-10H2,1-3H3,(H2,15,16). The number of ether oxygens (including phenoxy) is 1. The fourth-order valence-electron chi connectivity index (χ4n) is 2.72. The Morgan fingerprint density at radius 1 is 1.40 bits per heavy atom. The largest absolute Gasteiger partial charge is 0.409 e. The molecular formula is C14H27N3O3. The van der Waals surface area contributed by atoms with Gasteiger partial charge in [0.2, 0.25) is 5.91 Å². The first-order valence-electron chi connectivity index (χ1n) is 7.29. The van der Waals surface area contributed by atoms with Crippen molar-refractivity contribution in [1.82, 2.24) is 4.90 Å². The van der Waals surface area contributed by atoms with Crippen molar-refractivity contribution in [2.45, 2.75) is 52.1 Å². The molecule has 1 aliphatic carbocycles. The molecule has 1 fully saturated rings. The van der Waals surface area contributed by atoms with Crippen LogP contribution in [0.4, 0.5) is 0 Å². The zero-order chi connectivity index (χ0) is 15.2. The second-order valence-corrected chi connectivity index (χ2v) is 5.77. The maximum Gasteiger partial charge on any atom is 0.236 e. The third-order valence-corrected chi connectivity index (χ3v) is 3.94. The summed E-state index contributed by atoms with van der Waals surface area (Å²) >= 11 is 0. The zero-order valence-electron chi connectivity index (χ0n) is 12.8. The quantitative estimate of drug-likeness (QED) is 0.335. The van der Waals surface area contributed by atoms with E-state index in [-0.39, 0.29) is 17.8 Å². The summed E-state index contributed by atoms with van der Waals surface area (Å²) in [4.78, 5) is 14.3. The zero-order valence-corrected chi connectivity index (χ0v) is 12.8. The summed E-state index contributed by atoms with van der Waals surface area (Å²) in [6.45, 7) is 4.92. The molecular weight excluding hydrogens is 258 g/mol. The minimum atomic E-state index is -0.834. The minimum absolute atomic E-state index is 0.0406. The molecule has 0 unspecified atom stereocenters. The topological polar surface area (TPSA) is 88.2 Å². The van der Waals surface area contributed by atoms with E-state index in [0.29, 0.717) is 26.0 Å². The van der Waals surface area contributed by atoms with E-state index < -0.39 is 5.41 Å². The average Bonchev–Trinajstić information content (AvgIpc) is 2.45. The van der Waals surface area contributed by atoms with Gasteiger partial charge in [0.15, 0.2) is 5.84 Å². The number of carbonyl (C=O) groups is 1. The predicted molar refractivity (Wildman–Crippen MR) is 77.7 cm³/mol. The number of hydrogen-bond acceptors (Lipinski definition) is 4. The smallest absolute Gasteiger partial charge is 0.236 e. The summed E-state index contributed by atoms with van der Waals surface area (Å²) in [5.74, 6) is -0.0290. The van der Waals surface area contributed by atoms with Gasteiger partial charge in [-0.25, -0.2) is 0 Å². The molecule has 3 N–H and O–H groups in total. The molecule has 0 aromatic carbocycles. The Kier molecular flexibility index (Phi) is 6.26. The lowest BCUT2D eigenvalue weighted by atomic mass is 9.72. The third kappa shape index (κ3) is 3.85. The second kappa shape index (κ2) is 7.47. The average molecular weight is 285 g/mol. The Balaban J connectivity index is 2.73. The molecule has 0 bridgehead atoms. The highest BCUT2D eigenvalue weighted by molar-refractivity contribution is 6.06. The molecule has 116 valence electrons. The molecule has 1 amide bonds. The van der Waals surface area contributed by atoms with Gasteiger partial charge in [-0.1, -0.05) is 24.4 Å². The second-order valence-electron chi connectivity index (χ2n) is 5.77. The van der Waals surface area contributed by atoms with Gasteiger partial charge < -0.3 is 20.6 Å². The highest BCUT2D eigenvalue weighted by Crippen LogP contribution is 2.38. The Hall–Kier alpha value is -1.30. The number of carbonyl (C=O) groups excluding carboxylic acids is 1. The summed E-state index contributed by atoms with van der Waals surface area (Å²) in [6, 6.07) is 0. The number of rotatable bonds is 6. The van der Waals surface area contributed by atoms with E-state index >= 15 is 0 Å². The molecule has 1 saturated carbocycles. The van der Waals surface area contributed by atoms with Crippen molar-refractivity contribution in [2.24, 2.45) is 16.3 Å². The van der Waals surface area contributed by atoms with Crippen LogP contribution in [-0.4, -0.2) is 48.2 Å². The van der Waals surface area contributed by atoms with Gasteiger partial charge >= 0.3 is 0 Å². The van der Waals surface area contributed by atoms with Crippen LogP contribution in [0.3, 0.4) is 0 Å². The van der Waals surface area contributed by atoms with Gasteiger partial charge in [-0.2, -0.15) is 0 Å². The van der Waals surface area contributed by atoms with Gasteiger partial charge in [0.05, 0.1) is 12.7 Å². The summed E-state index contributed by atoms with van der Waals surface area (Å²) in [6.07, 6.45) is 4.39. The summed E-state index contributed by atoms with van der Waals surface area (Å²) in [5, 5.41) is 12.1. The van der Waals surface area contributed by atoms with Crippen LogP contribution >= 0.6 is 0 Å². The lowest BCUT2D eigenvalue weighted by Gasteiger charge is -2.37. The van der Waals surface area contributed by atoms with Gasteiger partial charge in [-0.05, 0) is 26.7 Å². The van der Waals surface area contributed by atoms with Crippen molar-refractivity contribution < 1.29 is 14.7 Å². The maximum atomic E-state index is 12.7. The van der Waals surface area contributed by atoms with E-state index in [1.54, 1.807) is 11.9 Å². The summed E-state index contributed by atoms with van der Waals surface area (Å²) in [5.41, 5.74) is 4.99. The number of likely N-dealkylation sites (N-methyl/N-ethyl adjacent to an activating group) is 1. The van der Waals surface area contributed by atoms with Crippen LogP contribution < -0.4 is 5.73 Å². The van der Waals surface area contributed by atoms with E-state index in [4.69, 9.17) is 15.7 Å². The Labute approximate surface area is 120 Å². The molecule has 20 heavy (non-hydrogen) atoms. The van der Waals surface area contributed by atoms with Crippen LogP contribution in [0.15, 0.2) is 5.16 Å². The number of amidine groups is 1. The van der Waals surface area contributed by atoms with Gasteiger partial charge in [-0.15, -0.1) is 0 Å². The van der Waals surface area contributed by atoms with Crippen molar-refractivity contribution in [3.8, 4) is 0 Å². The van der Waals surface area contributed by atoms with Crippen molar-refractivity contribution >= 4 is 11.7 Å². The molecule has 0 aromatic rings. The van der Waals surface area contributed by atoms with E-state index in [9.17, 15) is 4.79 Å². The maximum absolute atomic E-state index is 12.7. The number of hydrogen-bond donors (Lipinski definition) is 2. The third-order valence-electron chi connectivity index (χ3n) is 3.94. The first-order chi connectivity index (χ1) is 9.44.